The van der Waals surface area contributed by atoms with E-state index in [2.05, 4.69) is 20.3 Å². The number of alkyl halides is 3. The molecule has 0 saturated carbocycles. The molecule has 152 valence electrons. The number of rotatable bonds is 5. The van der Waals surface area contributed by atoms with E-state index >= 15 is 0 Å². The Kier molecular flexibility index (Phi) is 5.99. The summed E-state index contributed by atoms with van der Waals surface area (Å²) in [5.74, 6) is 0.583. The largest absolute Gasteiger partial charge is 0.497 e. The van der Waals surface area contributed by atoms with Gasteiger partial charge in [-0.1, -0.05) is 23.2 Å². The minimum Gasteiger partial charge on any atom is -0.497 e. The number of methoxy groups -OCH3 is 2. The van der Waals surface area contributed by atoms with Crippen molar-refractivity contribution in [1.82, 2.24) is 15.0 Å². The van der Waals surface area contributed by atoms with Crippen LogP contribution in [0.5, 0.6) is 11.5 Å². The third kappa shape index (κ3) is 5.18. The van der Waals surface area contributed by atoms with Crippen LogP contribution in [0.15, 0.2) is 36.4 Å². The van der Waals surface area contributed by atoms with Crippen molar-refractivity contribution < 1.29 is 22.6 Å². The number of pyridine rings is 1. The van der Waals surface area contributed by atoms with Gasteiger partial charge in [-0.05, 0) is 12.1 Å². The summed E-state index contributed by atoms with van der Waals surface area (Å²) < 4.78 is 50.5. The molecule has 1 N–H and O–H groups in total. The lowest BCUT2D eigenvalue weighted by Crippen LogP contribution is -2.11. The van der Waals surface area contributed by atoms with E-state index in [0.29, 0.717) is 17.2 Å². The fourth-order valence-corrected chi connectivity index (χ4v) is 2.87. The van der Waals surface area contributed by atoms with Gasteiger partial charge in [0.25, 0.3) is 0 Å². The molecule has 0 fully saturated rings. The number of hydrogen-bond donors (Lipinski definition) is 1. The SMILES string of the molecule is COc1cc(Nc2cc(C(F)(F)F)nc(-c3cc(Cl)nc(Cl)c3)n2)cc(OC)c1. The highest BCUT2D eigenvalue weighted by Gasteiger charge is 2.34. The monoisotopic (exact) mass is 444 g/mol. The summed E-state index contributed by atoms with van der Waals surface area (Å²) in [6, 6.07) is 8.22. The molecular weight excluding hydrogens is 432 g/mol. The molecule has 0 atom stereocenters. The second-order valence-electron chi connectivity index (χ2n) is 5.69. The number of aromatic nitrogens is 3. The number of ether oxygens (including phenoxy) is 2. The van der Waals surface area contributed by atoms with Crippen LogP contribution >= 0.6 is 23.2 Å². The van der Waals surface area contributed by atoms with Crippen LogP contribution in [-0.4, -0.2) is 29.2 Å². The maximum Gasteiger partial charge on any atom is 0.433 e. The van der Waals surface area contributed by atoms with E-state index in [0.717, 1.165) is 6.07 Å². The van der Waals surface area contributed by atoms with Crippen LogP contribution in [0.3, 0.4) is 0 Å². The van der Waals surface area contributed by atoms with Gasteiger partial charge < -0.3 is 14.8 Å². The summed E-state index contributed by atoms with van der Waals surface area (Å²) in [5.41, 5.74) is -0.541. The molecule has 11 heteroatoms. The van der Waals surface area contributed by atoms with Gasteiger partial charge >= 0.3 is 6.18 Å². The Morgan fingerprint density at radius 2 is 1.41 bits per heavy atom. The lowest BCUT2D eigenvalue weighted by Gasteiger charge is -2.13. The minimum absolute atomic E-state index is 0.000512. The lowest BCUT2D eigenvalue weighted by atomic mass is 10.2. The molecule has 0 spiro atoms. The van der Waals surface area contributed by atoms with Crippen molar-refractivity contribution in [2.75, 3.05) is 19.5 Å². The molecule has 0 aliphatic heterocycles. The topological polar surface area (TPSA) is 69.2 Å². The molecule has 0 amide bonds. The summed E-state index contributed by atoms with van der Waals surface area (Å²) in [4.78, 5) is 11.5. The van der Waals surface area contributed by atoms with Crippen LogP contribution in [0.25, 0.3) is 11.4 Å². The number of benzene rings is 1. The van der Waals surface area contributed by atoms with Crippen molar-refractivity contribution >= 4 is 34.7 Å². The maximum atomic E-state index is 13.4. The summed E-state index contributed by atoms with van der Waals surface area (Å²) in [6.45, 7) is 0. The van der Waals surface area contributed by atoms with Gasteiger partial charge in [0.15, 0.2) is 11.5 Å². The predicted octanol–water partition coefficient (Wildman–Crippen LogP) is 5.63. The Hall–Kier alpha value is -2.78. The van der Waals surface area contributed by atoms with Crippen LogP contribution < -0.4 is 14.8 Å². The number of nitrogens with one attached hydrogen (secondary N) is 1. The minimum atomic E-state index is -4.69. The predicted molar refractivity (Wildman–Crippen MR) is 103 cm³/mol. The highest BCUT2D eigenvalue weighted by atomic mass is 35.5. The molecule has 0 aliphatic carbocycles. The first kappa shape index (κ1) is 20.9. The van der Waals surface area contributed by atoms with E-state index in [4.69, 9.17) is 32.7 Å². The van der Waals surface area contributed by atoms with Gasteiger partial charge in [-0.25, -0.2) is 15.0 Å². The highest BCUT2D eigenvalue weighted by molar-refractivity contribution is 6.32. The molecule has 3 rings (SSSR count). The molecule has 1 aromatic carbocycles. The van der Waals surface area contributed by atoms with E-state index in [1.165, 1.54) is 26.4 Å². The van der Waals surface area contributed by atoms with Crippen molar-refractivity contribution in [3.63, 3.8) is 0 Å². The summed E-state index contributed by atoms with van der Waals surface area (Å²) >= 11 is 11.7. The molecular formula is C18H13Cl2F3N4O2. The molecule has 0 radical (unpaired) electrons. The van der Waals surface area contributed by atoms with E-state index in [-0.39, 0.29) is 27.5 Å². The van der Waals surface area contributed by atoms with Gasteiger partial charge in [0.2, 0.25) is 0 Å². The van der Waals surface area contributed by atoms with Crippen LogP contribution in [-0.2, 0) is 6.18 Å². The first-order chi connectivity index (χ1) is 13.7. The van der Waals surface area contributed by atoms with Crippen molar-refractivity contribution in [1.29, 1.82) is 0 Å². The van der Waals surface area contributed by atoms with Gasteiger partial charge in [-0.15, -0.1) is 0 Å². The standard InChI is InChI=1S/C18H13Cl2F3N4O2/c1-28-11-5-10(6-12(7-11)29-2)24-16-8-13(18(21,22)23)25-17(27-16)9-3-14(19)26-15(20)4-9/h3-8H,1-2H3,(H,24,25,27). The third-order valence-electron chi connectivity index (χ3n) is 3.66. The number of nitrogens with zero attached hydrogens (tertiary/aromatic N) is 3. The van der Waals surface area contributed by atoms with Crippen LogP contribution in [0, 0.1) is 0 Å². The second-order valence-corrected chi connectivity index (χ2v) is 6.46. The summed E-state index contributed by atoms with van der Waals surface area (Å²) in [7, 11) is 2.92. The molecule has 0 saturated heterocycles. The van der Waals surface area contributed by atoms with E-state index in [1.807, 2.05) is 0 Å². The fourth-order valence-electron chi connectivity index (χ4n) is 2.41. The maximum absolute atomic E-state index is 13.4. The highest BCUT2D eigenvalue weighted by Crippen LogP contribution is 2.33. The first-order valence-corrected chi connectivity index (χ1v) is 8.73. The zero-order chi connectivity index (χ0) is 21.2. The van der Waals surface area contributed by atoms with Crippen LogP contribution in [0.1, 0.15) is 5.69 Å². The Morgan fingerprint density at radius 3 is 1.93 bits per heavy atom. The molecule has 29 heavy (non-hydrogen) atoms. The van der Waals surface area contributed by atoms with E-state index in [1.54, 1.807) is 18.2 Å². The van der Waals surface area contributed by atoms with Gasteiger partial charge in [-0.3, -0.25) is 0 Å². The zero-order valence-corrected chi connectivity index (χ0v) is 16.5. The fraction of sp³-hybridized carbons (Fsp3) is 0.167. The van der Waals surface area contributed by atoms with Crippen molar-refractivity contribution in [3.8, 4) is 22.9 Å². The average Bonchev–Trinajstić information content (AvgIpc) is 2.66. The van der Waals surface area contributed by atoms with E-state index in [9.17, 15) is 13.2 Å². The second kappa shape index (κ2) is 8.30. The molecule has 0 aliphatic rings. The van der Waals surface area contributed by atoms with Crippen molar-refractivity contribution in [3.05, 3.63) is 52.4 Å². The smallest absolute Gasteiger partial charge is 0.433 e. The lowest BCUT2D eigenvalue weighted by molar-refractivity contribution is -0.141. The number of anilines is 2. The zero-order valence-electron chi connectivity index (χ0n) is 15.0. The van der Waals surface area contributed by atoms with Crippen LogP contribution in [0.4, 0.5) is 24.7 Å². The Morgan fingerprint density at radius 1 is 0.828 bits per heavy atom. The summed E-state index contributed by atoms with van der Waals surface area (Å²) in [5, 5.41) is 2.81. The molecule has 3 aromatic rings. The average molecular weight is 445 g/mol. The molecule has 0 bridgehead atoms. The van der Waals surface area contributed by atoms with Crippen LogP contribution in [0.2, 0.25) is 10.3 Å². The van der Waals surface area contributed by atoms with E-state index < -0.39 is 11.9 Å². The first-order valence-electron chi connectivity index (χ1n) is 7.98. The quantitative estimate of drug-likeness (QED) is 0.514. The van der Waals surface area contributed by atoms with Gasteiger partial charge in [0.05, 0.1) is 14.2 Å². The molecule has 0 unspecified atom stereocenters. The molecule has 2 aromatic heterocycles. The van der Waals surface area contributed by atoms with Gasteiger partial charge in [-0.2, -0.15) is 13.2 Å². The van der Waals surface area contributed by atoms with Gasteiger partial charge in [0.1, 0.15) is 27.6 Å². The van der Waals surface area contributed by atoms with Crippen molar-refractivity contribution in [2.45, 2.75) is 6.18 Å². The van der Waals surface area contributed by atoms with Crippen molar-refractivity contribution in [2.24, 2.45) is 0 Å². The van der Waals surface area contributed by atoms with Gasteiger partial charge in [0, 0.05) is 35.5 Å². The normalized spacial score (nSPS) is 11.3. The summed E-state index contributed by atoms with van der Waals surface area (Å²) in [6.07, 6.45) is -4.69. The Balaban J connectivity index is 2.09. The third-order valence-corrected chi connectivity index (χ3v) is 4.05. The molecule has 6 nitrogen and oxygen atoms in total. The Labute approximate surface area is 173 Å². The molecule has 2 heterocycles. The Bertz CT molecular complexity index is 1010. The number of halogens is 5. The number of hydrogen-bond acceptors (Lipinski definition) is 6.